The van der Waals surface area contributed by atoms with Gasteiger partial charge in [0.2, 0.25) is 0 Å². The van der Waals surface area contributed by atoms with Crippen LogP contribution in [-0.2, 0) is 6.54 Å². The van der Waals surface area contributed by atoms with Gasteiger partial charge in [-0.1, -0.05) is 23.7 Å². The molecule has 3 aromatic rings. The zero-order valence-corrected chi connectivity index (χ0v) is 17.1. The molecule has 0 saturated carbocycles. The Morgan fingerprint density at radius 3 is 2.65 bits per heavy atom. The van der Waals surface area contributed by atoms with Gasteiger partial charge < -0.3 is 15.8 Å². The number of aliphatic imine (C=N–C) groups is 1. The van der Waals surface area contributed by atoms with Crippen molar-refractivity contribution in [3.05, 3.63) is 65.7 Å². The molecule has 1 aromatic heterocycles. The van der Waals surface area contributed by atoms with E-state index in [1.165, 1.54) is 6.33 Å². The number of hydrogen-bond acceptors (Lipinski definition) is 4. The van der Waals surface area contributed by atoms with Crippen molar-refractivity contribution in [3.8, 4) is 11.4 Å². The van der Waals surface area contributed by atoms with Crippen LogP contribution in [0.2, 0.25) is 5.02 Å². The standard InChI is InChI=1S/C17H17ClN6O.HI/c1-25-16-7-4-13(8-15(16)18)23-17(19)21-9-12-2-5-14(6-3-12)24-11-20-10-22-24;/h2-8,10-11H,9H2,1H3,(H3,19,21,23);1H. The number of hydrogen-bond donors (Lipinski definition) is 2. The quantitative estimate of drug-likeness (QED) is 0.329. The summed E-state index contributed by atoms with van der Waals surface area (Å²) in [5.74, 6) is 0.914. The topological polar surface area (TPSA) is 90.3 Å². The fraction of sp³-hybridized carbons (Fsp3) is 0.118. The van der Waals surface area contributed by atoms with Gasteiger partial charge in [-0.25, -0.2) is 14.7 Å². The van der Waals surface area contributed by atoms with Crippen molar-refractivity contribution >= 4 is 47.2 Å². The Balaban J connectivity index is 0.00000243. The summed E-state index contributed by atoms with van der Waals surface area (Å²) >= 11 is 6.09. The average Bonchev–Trinajstić information content (AvgIpc) is 3.15. The third-order valence-corrected chi connectivity index (χ3v) is 3.77. The highest BCUT2D eigenvalue weighted by Gasteiger charge is 2.03. The second-order valence-corrected chi connectivity index (χ2v) is 5.59. The number of guanidine groups is 1. The number of methoxy groups -OCH3 is 1. The molecule has 0 radical (unpaired) electrons. The summed E-state index contributed by atoms with van der Waals surface area (Å²) in [5.41, 5.74) is 8.63. The van der Waals surface area contributed by atoms with Crippen LogP contribution in [0, 0.1) is 0 Å². The van der Waals surface area contributed by atoms with E-state index >= 15 is 0 Å². The summed E-state index contributed by atoms with van der Waals surface area (Å²) in [4.78, 5) is 8.25. The molecule has 0 bridgehead atoms. The number of benzene rings is 2. The lowest BCUT2D eigenvalue weighted by atomic mass is 10.2. The van der Waals surface area contributed by atoms with Gasteiger partial charge in [-0.15, -0.1) is 24.0 Å². The fourth-order valence-electron chi connectivity index (χ4n) is 2.20. The average molecular weight is 485 g/mol. The van der Waals surface area contributed by atoms with Gasteiger partial charge in [0.15, 0.2) is 5.96 Å². The molecule has 0 aliphatic carbocycles. The van der Waals surface area contributed by atoms with Crippen molar-refractivity contribution in [1.29, 1.82) is 0 Å². The van der Waals surface area contributed by atoms with E-state index in [4.69, 9.17) is 22.1 Å². The molecule has 26 heavy (non-hydrogen) atoms. The Labute approximate surface area is 173 Å². The molecule has 0 fully saturated rings. The van der Waals surface area contributed by atoms with Crippen LogP contribution in [0.15, 0.2) is 60.1 Å². The Bertz CT molecular complexity index is 867. The number of rotatable bonds is 5. The molecule has 2 aromatic carbocycles. The number of nitrogens with one attached hydrogen (secondary N) is 1. The molecule has 0 amide bonds. The SMILES string of the molecule is COc1ccc(NC(N)=NCc2ccc(-n3cncn3)cc2)cc1Cl.I. The second kappa shape index (κ2) is 9.39. The van der Waals surface area contributed by atoms with Crippen LogP contribution in [0.1, 0.15) is 5.56 Å². The van der Waals surface area contributed by atoms with E-state index in [0.29, 0.717) is 23.3 Å². The predicted octanol–water partition coefficient (Wildman–Crippen LogP) is 3.47. The van der Waals surface area contributed by atoms with E-state index in [1.54, 1.807) is 30.3 Å². The minimum absolute atomic E-state index is 0. The van der Waals surface area contributed by atoms with Gasteiger partial charge in [-0.05, 0) is 35.9 Å². The number of anilines is 1. The molecule has 0 aliphatic heterocycles. The van der Waals surface area contributed by atoms with Gasteiger partial charge in [0.1, 0.15) is 18.4 Å². The molecular formula is C17H18ClIN6O. The maximum atomic E-state index is 6.09. The van der Waals surface area contributed by atoms with E-state index < -0.39 is 0 Å². The molecule has 0 spiro atoms. The van der Waals surface area contributed by atoms with E-state index in [-0.39, 0.29) is 24.0 Å². The normalized spacial score (nSPS) is 10.9. The molecule has 7 nitrogen and oxygen atoms in total. The van der Waals surface area contributed by atoms with Crippen molar-refractivity contribution in [3.63, 3.8) is 0 Å². The summed E-state index contributed by atoms with van der Waals surface area (Å²) in [6.07, 6.45) is 3.14. The molecule has 9 heteroatoms. The Morgan fingerprint density at radius 2 is 2.04 bits per heavy atom. The van der Waals surface area contributed by atoms with Crippen LogP contribution < -0.4 is 15.8 Å². The number of halogens is 2. The molecular weight excluding hydrogens is 467 g/mol. The Kier molecular flexibility index (Phi) is 7.22. The molecule has 136 valence electrons. The Morgan fingerprint density at radius 1 is 1.27 bits per heavy atom. The van der Waals surface area contributed by atoms with Crippen LogP contribution in [0.3, 0.4) is 0 Å². The van der Waals surface area contributed by atoms with Crippen molar-refractivity contribution in [1.82, 2.24) is 14.8 Å². The largest absolute Gasteiger partial charge is 0.495 e. The maximum Gasteiger partial charge on any atom is 0.193 e. The van der Waals surface area contributed by atoms with Crippen LogP contribution in [0.4, 0.5) is 5.69 Å². The molecule has 0 unspecified atom stereocenters. The first-order chi connectivity index (χ1) is 12.2. The fourth-order valence-corrected chi connectivity index (χ4v) is 2.46. The molecule has 0 saturated heterocycles. The van der Waals surface area contributed by atoms with E-state index in [1.807, 2.05) is 30.3 Å². The zero-order valence-electron chi connectivity index (χ0n) is 14.0. The van der Waals surface area contributed by atoms with Crippen molar-refractivity contribution in [2.75, 3.05) is 12.4 Å². The first-order valence-corrected chi connectivity index (χ1v) is 7.88. The monoisotopic (exact) mass is 484 g/mol. The minimum atomic E-state index is 0. The summed E-state index contributed by atoms with van der Waals surface area (Å²) in [6, 6.07) is 13.2. The maximum absolute atomic E-state index is 6.09. The lowest BCUT2D eigenvalue weighted by molar-refractivity contribution is 0.415. The van der Waals surface area contributed by atoms with Gasteiger partial charge >= 0.3 is 0 Å². The van der Waals surface area contributed by atoms with E-state index in [2.05, 4.69) is 20.4 Å². The lowest BCUT2D eigenvalue weighted by Crippen LogP contribution is -2.22. The van der Waals surface area contributed by atoms with Gasteiger partial charge in [-0.2, -0.15) is 5.10 Å². The first kappa shape index (κ1) is 20.0. The predicted molar refractivity (Wildman–Crippen MR) is 114 cm³/mol. The third kappa shape index (κ3) is 5.09. The van der Waals surface area contributed by atoms with Gasteiger partial charge in [0.25, 0.3) is 0 Å². The number of nitrogens with zero attached hydrogens (tertiary/aromatic N) is 4. The van der Waals surface area contributed by atoms with Gasteiger partial charge in [-0.3, -0.25) is 0 Å². The smallest absolute Gasteiger partial charge is 0.193 e. The van der Waals surface area contributed by atoms with Crippen molar-refractivity contribution in [2.45, 2.75) is 6.54 Å². The Hall–Kier alpha value is -2.33. The lowest BCUT2D eigenvalue weighted by Gasteiger charge is -2.08. The number of aromatic nitrogens is 3. The molecule has 3 N–H and O–H groups in total. The molecule has 0 atom stereocenters. The van der Waals surface area contributed by atoms with Crippen molar-refractivity contribution in [2.24, 2.45) is 10.7 Å². The minimum Gasteiger partial charge on any atom is -0.495 e. The van der Waals surface area contributed by atoms with Gasteiger partial charge in [0, 0.05) is 5.69 Å². The molecule has 1 heterocycles. The van der Waals surface area contributed by atoms with Crippen LogP contribution in [-0.4, -0.2) is 27.8 Å². The highest BCUT2D eigenvalue weighted by atomic mass is 127. The third-order valence-electron chi connectivity index (χ3n) is 3.48. The van der Waals surface area contributed by atoms with Gasteiger partial charge in [0.05, 0.1) is 24.4 Å². The van der Waals surface area contributed by atoms with Crippen LogP contribution in [0.5, 0.6) is 5.75 Å². The summed E-state index contributed by atoms with van der Waals surface area (Å²) < 4.78 is 6.81. The number of ether oxygens (including phenoxy) is 1. The second-order valence-electron chi connectivity index (χ2n) is 5.18. The summed E-state index contributed by atoms with van der Waals surface area (Å²) in [6.45, 7) is 0.459. The summed E-state index contributed by atoms with van der Waals surface area (Å²) in [7, 11) is 1.57. The molecule has 3 rings (SSSR count). The van der Waals surface area contributed by atoms with E-state index in [0.717, 1.165) is 16.9 Å². The first-order valence-electron chi connectivity index (χ1n) is 7.50. The number of nitrogens with two attached hydrogens (primary N) is 1. The van der Waals surface area contributed by atoms with Crippen LogP contribution >= 0.6 is 35.6 Å². The highest BCUT2D eigenvalue weighted by molar-refractivity contribution is 14.0. The molecule has 0 aliphatic rings. The van der Waals surface area contributed by atoms with Crippen molar-refractivity contribution < 1.29 is 4.74 Å². The zero-order chi connectivity index (χ0) is 17.6. The van der Waals surface area contributed by atoms with E-state index in [9.17, 15) is 0 Å². The summed E-state index contributed by atoms with van der Waals surface area (Å²) in [5, 5.41) is 7.59. The highest BCUT2D eigenvalue weighted by Crippen LogP contribution is 2.27. The van der Waals surface area contributed by atoms with Crippen LogP contribution in [0.25, 0.3) is 5.69 Å².